The number of hydrogen-bond donors (Lipinski definition) is 1. The highest BCUT2D eigenvalue weighted by Gasteiger charge is 2.21. The summed E-state index contributed by atoms with van der Waals surface area (Å²) in [6, 6.07) is 1.33. The summed E-state index contributed by atoms with van der Waals surface area (Å²) in [5.41, 5.74) is 0.337. The number of rotatable bonds is 11. The normalized spacial score (nSPS) is 13.5. The zero-order valence-electron chi connectivity index (χ0n) is 16.7. The molecule has 5 nitrogen and oxygen atoms in total. The van der Waals surface area contributed by atoms with Gasteiger partial charge in [0.1, 0.15) is 23.4 Å². The van der Waals surface area contributed by atoms with Gasteiger partial charge < -0.3 is 14.3 Å². The molecule has 0 fully saturated rings. The number of aromatic hydroxyl groups is 1. The van der Waals surface area contributed by atoms with E-state index < -0.39 is 11.4 Å². The fourth-order valence-corrected chi connectivity index (χ4v) is 2.68. The Morgan fingerprint density at radius 3 is 2.56 bits per heavy atom. The van der Waals surface area contributed by atoms with Crippen molar-refractivity contribution in [2.24, 2.45) is 0 Å². The predicted octanol–water partition coefficient (Wildman–Crippen LogP) is 5.08. The Balaban J connectivity index is 3.01. The first-order valence-corrected chi connectivity index (χ1v) is 9.51. The summed E-state index contributed by atoms with van der Waals surface area (Å²) in [5, 5.41) is 10.2. The number of unbranched alkanes of at least 4 members (excludes halogenated alkanes) is 2. The molecule has 1 atom stereocenters. The van der Waals surface area contributed by atoms with E-state index in [1.165, 1.54) is 6.07 Å². The lowest BCUT2D eigenvalue weighted by molar-refractivity contribution is -0.107. The van der Waals surface area contributed by atoms with Crippen LogP contribution in [0, 0.1) is 0 Å². The van der Waals surface area contributed by atoms with Crippen molar-refractivity contribution in [1.29, 1.82) is 0 Å². The van der Waals surface area contributed by atoms with Crippen LogP contribution in [0.4, 0.5) is 0 Å². The maximum Gasteiger partial charge on any atom is 0.351 e. The van der Waals surface area contributed by atoms with Gasteiger partial charge in [-0.15, -0.1) is 0 Å². The van der Waals surface area contributed by atoms with Crippen molar-refractivity contribution < 1.29 is 19.1 Å². The number of ketones is 1. The highest BCUT2D eigenvalue weighted by atomic mass is 16.4. The van der Waals surface area contributed by atoms with Gasteiger partial charge in [-0.3, -0.25) is 4.79 Å². The second kappa shape index (κ2) is 11.3. The molecule has 0 aliphatic rings. The van der Waals surface area contributed by atoms with Gasteiger partial charge in [0.25, 0.3) is 0 Å². The van der Waals surface area contributed by atoms with Gasteiger partial charge >= 0.3 is 5.63 Å². The van der Waals surface area contributed by atoms with E-state index in [0.29, 0.717) is 30.6 Å². The van der Waals surface area contributed by atoms with Crippen LogP contribution < -0.4 is 5.63 Å². The average Bonchev–Trinajstić information content (AvgIpc) is 2.63. The lowest BCUT2D eigenvalue weighted by Gasteiger charge is -2.11. The van der Waals surface area contributed by atoms with Crippen LogP contribution in [0.2, 0.25) is 0 Å². The third-order valence-corrected chi connectivity index (χ3v) is 4.52. The Labute approximate surface area is 160 Å². The molecule has 0 amide bonds. The highest BCUT2D eigenvalue weighted by molar-refractivity contribution is 6.09. The summed E-state index contributed by atoms with van der Waals surface area (Å²) < 4.78 is 5.26. The monoisotopic (exact) mass is 374 g/mol. The molecule has 0 radical (unpaired) electrons. The van der Waals surface area contributed by atoms with E-state index in [1.807, 2.05) is 19.9 Å². The number of carbonyl (C=O) groups is 2. The van der Waals surface area contributed by atoms with Crippen molar-refractivity contribution >= 4 is 12.1 Å². The first kappa shape index (κ1) is 22.6. The summed E-state index contributed by atoms with van der Waals surface area (Å²) in [5.74, 6) is -0.723. The first-order valence-electron chi connectivity index (χ1n) is 9.51. The minimum atomic E-state index is -0.836. The predicted molar refractivity (Wildman–Crippen MR) is 106 cm³/mol. The van der Waals surface area contributed by atoms with Crippen molar-refractivity contribution in [3.8, 4) is 5.75 Å². The molecule has 0 aliphatic heterocycles. The van der Waals surface area contributed by atoms with Crippen LogP contribution in [-0.4, -0.2) is 17.2 Å². The summed E-state index contributed by atoms with van der Waals surface area (Å²) in [7, 11) is 0. The minimum absolute atomic E-state index is 0.131. The van der Waals surface area contributed by atoms with E-state index in [0.717, 1.165) is 31.1 Å². The van der Waals surface area contributed by atoms with Gasteiger partial charge in [0.2, 0.25) is 0 Å². The van der Waals surface area contributed by atoms with E-state index in [-0.39, 0.29) is 17.2 Å². The van der Waals surface area contributed by atoms with Gasteiger partial charge in [0.15, 0.2) is 5.78 Å². The molecule has 27 heavy (non-hydrogen) atoms. The Morgan fingerprint density at radius 1 is 1.26 bits per heavy atom. The molecule has 0 saturated heterocycles. The minimum Gasteiger partial charge on any atom is -0.507 e. The second-order valence-electron chi connectivity index (χ2n) is 6.99. The fourth-order valence-electron chi connectivity index (χ4n) is 2.68. The van der Waals surface area contributed by atoms with Crippen molar-refractivity contribution in [3.63, 3.8) is 0 Å². The number of allylic oxidation sites excluding steroid dienone is 4. The Morgan fingerprint density at radius 2 is 1.96 bits per heavy atom. The number of hydrogen-bond acceptors (Lipinski definition) is 5. The Bertz CT molecular complexity index is 767. The topological polar surface area (TPSA) is 84.6 Å². The van der Waals surface area contributed by atoms with Gasteiger partial charge in [0, 0.05) is 18.4 Å². The SMILES string of the molecule is CCCC/C(C)=C/C=C(\C)C(=O)c1c(O)cc(C(C)CCCC=O)oc1=O. The summed E-state index contributed by atoms with van der Waals surface area (Å²) in [6.45, 7) is 7.57. The van der Waals surface area contributed by atoms with Crippen LogP contribution >= 0.6 is 0 Å². The standard InChI is InChI=1S/C22H30O5/c1-5-6-9-15(2)11-12-17(4)21(25)20-18(24)14-19(27-22(20)26)16(3)10-7-8-13-23/h11-14,16,24H,5-10H2,1-4H3/b15-11+,17-12+. The Hall–Kier alpha value is -2.43. The second-order valence-corrected chi connectivity index (χ2v) is 6.99. The fraction of sp³-hybridized carbons (Fsp3) is 0.500. The maximum atomic E-state index is 12.5. The molecular formula is C22H30O5. The molecule has 5 heteroatoms. The number of Topliss-reactive ketones (excluding diaryl/α,β-unsaturated/α-hetero) is 1. The van der Waals surface area contributed by atoms with Crippen LogP contribution in [0.1, 0.15) is 88.3 Å². The molecule has 0 saturated carbocycles. The third-order valence-electron chi connectivity index (χ3n) is 4.52. The van der Waals surface area contributed by atoms with E-state index in [1.54, 1.807) is 13.0 Å². The highest BCUT2D eigenvalue weighted by Crippen LogP contribution is 2.26. The smallest absolute Gasteiger partial charge is 0.351 e. The molecule has 0 aliphatic carbocycles. The van der Waals surface area contributed by atoms with Crippen molar-refractivity contribution in [2.45, 2.75) is 72.1 Å². The quantitative estimate of drug-likeness (QED) is 0.192. The van der Waals surface area contributed by atoms with Gasteiger partial charge in [-0.05, 0) is 45.1 Å². The molecule has 1 heterocycles. The molecule has 148 valence electrons. The Kier molecular flexibility index (Phi) is 9.48. The zero-order valence-corrected chi connectivity index (χ0v) is 16.7. The third kappa shape index (κ3) is 7.00. The number of aldehydes is 1. The van der Waals surface area contributed by atoms with Crippen LogP contribution in [0.15, 0.2) is 38.6 Å². The van der Waals surface area contributed by atoms with Crippen molar-refractivity contribution in [2.75, 3.05) is 0 Å². The molecule has 1 aromatic rings. The molecule has 1 unspecified atom stereocenters. The average molecular weight is 374 g/mol. The van der Waals surface area contributed by atoms with Crippen LogP contribution in [0.5, 0.6) is 5.75 Å². The molecule has 1 rings (SSSR count). The lowest BCUT2D eigenvalue weighted by Crippen LogP contribution is -2.16. The van der Waals surface area contributed by atoms with Crippen molar-refractivity contribution in [3.05, 3.63) is 51.1 Å². The molecule has 0 spiro atoms. The van der Waals surface area contributed by atoms with E-state index in [2.05, 4.69) is 6.92 Å². The maximum absolute atomic E-state index is 12.5. The first-order chi connectivity index (χ1) is 12.8. The molecule has 1 N–H and O–H groups in total. The van der Waals surface area contributed by atoms with Crippen molar-refractivity contribution in [1.82, 2.24) is 0 Å². The molecule has 1 aromatic heterocycles. The summed E-state index contributed by atoms with van der Waals surface area (Å²) in [4.78, 5) is 35.2. The van der Waals surface area contributed by atoms with Gasteiger partial charge in [-0.2, -0.15) is 0 Å². The van der Waals surface area contributed by atoms with E-state index in [4.69, 9.17) is 4.42 Å². The molecule has 0 aromatic carbocycles. The van der Waals surface area contributed by atoms with Crippen LogP contribution in [0.25, 0.3) is 0 Å². The van der Waals surface area contributed by atoms with Crippen LogP contribution in [-0.2, 0) is 4.79 Å². The summed E-state index contributed by atoms with van der Waals surface area (Å²) in [6.07, 6.45) is 9.27. The molecule has 0 bridgehead atoms. The van der Waals surface area contributed by atoms with Crippen LogP contribution in [0.3, 0.4) is 0 Å². The van der Waals surface area contributed by atoms with Gasteiger partial charge in [0.05, 0.1) is 0 Å². The van der Waals surface area contributed by atoms with Gasteiger partial charge in [-0.1, -0.05) is 38.0 Å². The zero-order chi connectivity index (χ0) is 20.4. The summed E-state index contributed by atoms with van der Waals surface area (Å²) >= 11 is 0. The van der Waals surface area contributed by atoms with E-state index in [9.17, 15) is 19.5 Å². The van der Waals surface area contributed by atoms with Gasteiger partial charge in [-0.25, -0.2) is 4.79 Å². The van der Waals surface area contributed by atoms with E-state index >= 15 is 0 Å². The number of carbonyl (C=O) groups excluding carboxylic acids is 2. The largest absolute Gasteiger partial charge is 0.507 e. The lowest BCUT2D eigenvalue weighted by atomic mass is 9.99. The molecular weight excluding hydrogens is 344 g/mol.